The molecule has 21 heavy (non-hydrogen) atoms. The van der Waals surface area contributed by atoms with E-state index in [1.54, 1.807) is 0 Å². The predicted molar refractivity (Wildman–Crippen MR) is 77.8 cm³/mol. The van der Waals surface area contributed by atoms with Gasteiger partial charge in [-0.2, -0.15) is 0 Å². The van der Waals surface area contributed by atoms with Crippen molar-refractivity contribution in [1.82, 2.24) is 10.2 Å². The van der Waals surface area contributed by atoms with Gasteiger partial charge in [-0.15, -0.1) is 0 Å². The molecule has 6 nitrogen and oxygen atoms in total. The van der Waals surface area contributed by atoms with Crippen LogP contribution < -0.4 is 5.32 Å². The summed E-state index contributed by atoms with van der Waals surface area (Å²) in [6.45, 7) is 8.15. The minimum Gasteiger partial charge on any atom is -0.453 e. The van der Waals surface area contributed by atoms with Crippen LogP contribution in [0.25, 0.3) is 0 Å². The zero-order valence-corrected chi connectivity index (χ0v) is 13.3. The van der Waals surface area contributed by atoms with Gasteiger partial charge in [0.15, 0.2) is 0 Å². The summed E-state index contributed by atoms with van der Waals surface area (Å²) in [4.78, 5) is 26.2. The summed E-state index contributed by atoms with van der Waals surface area (Å²) in [5.74, 6) is -0.00754. The lowest BCUT2D eigenvalue weighted by molar-refractivity contribution is -0.135. The van der Waals surface area contributed by atoms with Gasteiger partial charge in [0, 0.05) is 24.6 Å². The van der Waals surface area contributed by atoms with Crippen LogP contribution >= 0.6 is 0 Å². The molecule has 2 aliphatic heterocycles. The molecule has 2 rings (SSSR count). The molecule has 6 heteroatoms. The number of methoxy groups -OCH3 is 1. The van der Waals surface area contributed by atoms with Crippen LogP contribution in [-0.4, -0.2) is 55.9 Å². The SMILES string of the molecule is COC(=O)N[C@H](C(=O)N1C[C@@]2(CCOC2)C[C@H]1C)C(C)C. The largest absolute Gasteiger partial charge is 0.453 e. The van der Waals surface area contributed by atoms with E-state index < -0.39 is 12.1 Å². The summed E-state index contributed by atoms with van der Waals surface area (Å²) in [6, 6.07) is -0.364. The van der Waals surface area contributed by atoms with Gasteiger partial charge in [0.1, 0.15) is 6.04 Å². The smallest absolute Gasteiger partial charge is 0.407 e. The lowest BCUT2D eigenvalue weighted by atomic mass is 9.85. The van der Waals surface area contributed by atoms with Crippen LogP contribution in [0.5, 0.6) is 0 Å². The maximum absolute atomic E-state index is 12.8. The molecule has 1 N–H and O–H groups in total. The van der Waals surface area contributed by atoms with E-state index in [2.05, 4.69) is 17.0 Å². The van der Waals surface area contributed by atoms with Gasteiger partial charge in [-0.05, 0) is 25.7 Å². The van der Waals surface area contributed by atoms with Crippen LogP contribution in [-0.2, 0) is 14.3 Å². The van der Waals surface area contributed by atoms with Crippen molar-refractivity contribution in [2.45, 2.75) is 45.7 Å². The standard InChI is InChI=1S/C15H26N2O4/c1-10(2)12(16-14(19)20-4)13(18)17-8-15(7-11(17)3)5-6-21-9-15/h10-12H,5-9H2,1-4H3,(H,16,19)/t11-,12+,15-/m1/s1. The fourth-order valence-electron chi connectivity index (χ4n) is 3.43. The molecule has 0 saturated carbocycles. The first-order valence-electron chi connectivity index (χ1n) is 7.61. The van der Waals surface area contributed by atoms with E-state index in [0.717, 1.165) is 32.6 Å². The zero-order chi connectivity index (χ0) is 15.6. The van der Waals surface area contributed by atoms with E-state index in [0.29, 0.717) is 0 Å². The summed E-state index contributed by atoms with van der Waals surface area (Å²) in [5.41, 5.74) is 0.113. The molecule has 0 aliphatic carbocycles. The number of hydrogen-bond donors (Lipinski definition) is 1. The Hall–Kier alpha value is -1.30. The van der Waals surface area contributed by atoms with Gasteiger partial charge in [-0.3, -0.25) is 4.79 Å². The highest BCUT2D eigenvalue weighted by Crippen LogP contribution is 2.41. The van der Waals surface area contributed by atoms with Gasteiger partial charge >= 0.3 is 6.09 Å². The van der Waals surface area contributed by atoms with Crippen LogP contribution in [0.3, 0.4) is 0 Å². The quantitative estimate of drug-likeness (QED) is 0.855. The van der Waals surface area contributed by atoms with E-state index in [-0.39, 0.29) is 23.3 Å². The fourth-order valence-corrected chi connectivity index (χ4v) is 3.43. The molecular weight excluding hydrogens is 272 g/mol. The molecule has 120 valence electrons. The van der Waals surface area contributed by atoms with Crippen molar-refractivity contribution in [3.05, 3.63) is 0 Å². The highest BCUT2D eigenvalue weighted by molar-refractivity contribution is 5.86. The number of likely N-dealkylation sites (tertiary alicyclic amines) is 1. The van der Waals surface area contributed by atoms with Gasteiger partial charge in [0.2, 0.25) is 5.91 Å². The lowest BCUT2D eigenvalue weighted by Crippen LogP contribution is -2.52. The molecule has 0 radical (unpaired) electrons. The maximum Gasteiger partial charge on any atom is 0.407 e. The number of ether oxygens (including phenoxy) is 2. The Kier molecular flexibility index (Phi) is 4.76. The first-order chi connectivity index (χ1) is 9.88. The van der Waals surface area contributed by atoms with Crippen LogP contribution in [0.4, 0.5) is 4.79 Å². The monoisotopic (exact) mass is 298 g/mol. The number of hydrogen-bond acceptors (Lipinski definition) is 4. The second-order valence-electron chi connectivity index (χ2n) is 6.68. The highest BCUT2D eigenvalue weighted by atomic mass is 16.5. The summed E-state index contributed by atoms with van der Waals surface area (Å²) in [7, 11) is 1.31. The third-order valence-corrected chi connectivity index (χ3v) is 4.63. The molecule has 2 amide bonds. The van der Waals surface area contributed by atoms with E-state index in [1.807, 2.05) is 18.7 Å². The minimum atomic E-state index is -0.562. The molecule has 0 bridgehead atoms. The van der Waals surface area contributed by atoms with E-state index in [4.69, 9.17) is 4.74 Å². The van der Waals surface area contributed by atoms with Gasteiger partial charge in [0.25, 0.3) is 0 Å². The molecule has 0 unspecified atom stereocenters. The number of nitrogens with one attached hydrogen (secondary N) is 1. The summed E-state index contributed by atoms with van der Waals surface area (Å²) < 4.78 is 10.1. The average Bonchev–Trinajstić information content (AvgIpc) is 3.02. The summed E-state index contributed by atoms with van der Waals surface area (Å²) in [5, 5.41) is 2.66. The van der Waals surface area contributed by atoms with E-state index in [1.165, 1.54) is 7.11 Å². The number of rotatable bonds is 3. The van der Waals surface area contributed by atoms with Crippen molar-refractivity contribution in [2.75, 3.05) is 26.9 Å². The third kappa shape index (κ3) is 3.31. The van der Waals surface area contributed by atoms with Gasteiger partial charge < -0.3 is 19.7 Å². The van der Waals surface area contributed by atoms with Gasteiger partial charge in [-0.25, -0.2) is 4.79 Å². The molecule has 2 fully saturated rings. The molecule has 0 aromatic rings. The number of amides is 2. The predicted octanol–water partition coefficient (Wildman–Crippen LogP) is 1.39. The molecule has 0 aromatic heterocycles. The Balaban J connectivity index is 2.08. The van der Waals surface area contributed by atoms with Crippen LogP contribution in [0, 0.1) is 11.3 Å². The fraction of sp³-hybridized carbons (Fsp3) is 0.867. The second-order valence-corrected chi connectivity index (χ2v) is 6.68. The maximum atomic E-state index is 12.8. The highest BCUT2D eigenvalue weighted by Gasteiger charge is 2.47. The van der Waals surface area contributed by atoms with Gasteiger partial charge in [0.05, 0.1) is 13.7 Å². The molecule has 2 aliphatic rings. The molecular formula is C15H26N2O4. The number of nitrogens with zero attached hydrogens (tertiary/aromatic N) is 1. The summed E-state index contributed by atoms with van der Waals surface area (Å²) in [6.07, 6.45) is 1.42. The van der Waals surface area contributed by atoms with Crippen molar-refractivity contribution in [2.24, 2.45) is 11.3 Å². The minimum absolute atomic E-state index is 0.0141. The Morgan fingerprint density at radius 2 is 2.14 bits per heavy atom. The van der Waals surface area contributed by atoms with Crippen LogP contribution in [0.1, 0.15) is 33.6 Å². The van der Waals surface area contributed by atoms with Crippen LogP contribution in [0.2, 0.25) is 0 Å². The molecule has 3 atom stereocenters. The normalized spacial score (nSPS) is 30.0. The zero-order valence-electron chi connectivity index (χ0n) is 13.3. The van der Waals surface area contributed by atoms with Crippen LogP contribution in [0.15, 0.2) is 0 Å². The molecule has 2 heterocycles. The van der Waals surface area contributed by atoms with Crippen molar-refractivity contribution in [1.29, 1.82) is 0 Å². The Labute approximate surface area is 126 Å². The molecule has 2 saturated heterocycles. The topological polar surface area (TPSA) is 67.9 Å². The van der Waals surface area contributed by atoms with Crippen molar-refractivity contribution >= 4 is 12.0 Å². The number of carbonyl (C=O) groups excluding carboxylic acids is 2. The molecule has 1 spiro atoms. The Morgan fingerprint density at radius 3 is 2.67 bits per heavy atom. The molecule has 0 aromatic carbocycles. The number of carbonyl (C=O) groups is 2. The first-order valence-corrected chi connectivity index (χ1v) is 7.61. The lowest BCUT2D eigenvalue weighted by Gasteiger charge is -2.29. The van der Waals surface area contributed by atoms with Gasteiger partial charge in [-0.1, -0.05) is 13.8 Å². The Bertz CT molecular complexity index is 404. The van der Waals surface area contributed by atoms with E-state index in [9.17, 15) is 9.59 Å². The van der Waals surface area contributed by atoms with Crippen molar-refractivity contribution in [3.8, 4) is 0 Å². The summed E-state index contributed by atoms with van der Waals surface area (Å²) >= 11 is 0. The number of alkyl carbamates (subject to hydrolysis) is 1. The average molecular weight is 298 g/mol. The second kappa shape index (κ2) is 6.22. The van der Waals surface area contributed by atoms with E-state index >= 15 is 0 Å². The Morgan fingerprint density at radius 1 is 1.43 bits per heavy atom. The third-order valence-electron chi connectivity index (χ3n) is 4.63. The van der Waals surface area contributed by atoms with Crippen molar-refractivity contribution in [3.63, 3.8) is 0 Å². The van der Waals surface area contributed by atoms with Crippen molar-refractivity contribution < 1.29 is 19.1 Å². The first kappa shape index (κ1) is 16.1.